The molecule has 150 valence electrons. The third-order valence-electron chi connectivity index (χ3n) is 4.66. The summed E-state index contributed by atoms with van der Waals surface area (Å²) < 4.78 is 15.8. The number of carbonyl (C=O) groups is 1. The Morgan fingerprint density at radius 3 is 2.38 bits per heavy atom. The van der Waals surface area contributed by atoms with Crippen molar-refractivity contribution in [3.8, 4) is 17.2 Å². The average molecular weight is 391 g/mol. The van der Waals surface area contributed by atoms with Crippen molar-refractivity contribution < 1.29 is 19.0 Å². The molecule has 0 radical (unpaired) electrons. The number of fused-ring (bicyclic) bond motifs is 1. The van der Waals surface area contributed by atoms with Crippen molar-refractivity contribution in [1.29, 1.82) is 0 Å². The normalized spacial score (nSPS) is 10.9. The zero-order valence-electron chi connectivity index (χ0n) is 16.9. The van der Waals surface area contributed by atoms with Gasteiger partial charge in [-0.2, -0.15) is 0 Å². The summed E-state index contributed by atoms with van der Waals surface area (Å²) in [5.74, 6) is 2.08. The van der Waals surface area contributed by atoms with Crippen LogP contribution in [0.1, 0.15) is 11.1 Å². The van der Waals surface area contributed by atoms with Crippen LogP contribution in [0.3, 0.4) is 0 Å². The number of benzene rings is 3. The lowest BCUT2D eigenvalue weighted by Gasteiger charge is -2.09. The lowest BCUT2D eigenvalue weighted by molar-refractivity contribution is -0.116. The fourth-order valence-electron chi connectivity index (χ4n) is 3.07. The molecular weight excluding hydrogens is 366 g/mol. The van der Waals surface area contributed by atoms with Crippen LogP contribution in [0.2, 0.25) is 0 Å². The van der Waals surface area contributed by atoms with Crippen LogP contribution in [0.15, 0.2) is 60.7 Å². The van der Waals surface area contributed by atoms with Crippen LogP contribution in [-0.4, -0.2) is 33.8 Å². The summed E-state index contributed by atoms with van der Waals surface area (Å²) in [6.07, 6.45) is 4.08. The Morgan fingerprint density at radius 2 is 1.62 bits per heavy atom. The number of methoxy groups -OCH3 is 3. The Morgan fingerprint density at radius 1 is 0.862 bits per heavy atom. The largest absolute Gasteiger partial charge is 0.497 e. The van der Waals surface area contributed by atoms with E-state index in [4.69, 9.17) is 14.2 Å². The predicted octanol–water partition coefficient (Wildman–Crippen LogP) is 4.24. The van der Waals surface area contributed by atoms with E-state index < -0.39 is 0 Å². The van der Waals surface area contributed by atoms with Crippen molar-refractivity contribution >= 4 is 22.8 Å². The van der Waals surface area contributed by atoms with Crippen molar-refractivity contribution in [3.63, 3.8) is 0 Å². The summed E-state index contributed by atoms with van der Waals surface area (Å²) in [7, 11) is 4.87. The summed E-state index contributed by atoms with van der Waals surface area (Å²) in [6.45, 7) is 0.538. The highest BCUT2D eigenvalue weighted by molar-refractivity contribution is 5.93. The first kappa shape index (κ1) is 20.3. The van der Waals surface area contributed by atoms with E-state index in [9.17, 15) is 4.79 Å². The number of nitrogens with one attached hydrogen (secondary N) is 1. The zero-order chi connectivity index (χ0) is 20.6. The second-order valence-corrected chi connectivity index (χ2v) is 6.54. The molecule has 0 atom stereocenters. The molecule has 0 aliphatic rings. The van der Waals surface area contributed by atoms with E-state index in [1.807, 2.05) is 60.7 Å². The van der Waals surface area contributed by atoms with Gasteiger partial charge in [0.25, 0.3) is 0 Å². The molecule has 0 unspecified atom stereocenters. The minimum absolute atomic E-state index is 0.125. The molecule has 0 saturated carbocycles. The highest BCUT2D eigenvalue weighted by atomic mass is 16.5. The zero-order valence-corrected chi connectivity index (χ0v) is 16.9. The van der Waals surface area contributed by atoms with E-state index in [0.29, 0.717) is 24.5 Å². The van der Waals surface area contributed by atoms with Crippen LogP contribution >= 0.6 is 0 Å². The number of carbonyl (C=O) groups excluding carboxylic acids is 1. The quantitative estimate of drug-likeness (QED) is 0.584. The van der Waals surface area contributed by atoms with Crippen LogP contribution in [-0.2, 0) is 11.2 Å². The predicted molar refractivity (Wildman–Crippen MR) is 116 cm³/mol. The van der Waals surface area contributed by atoms with Gasteiger partial charge in [-0.25, -0.2) is 0 Å². The van der Waals surface area contributed by atoms with Crippen molar-refractivity contribution in [1.82, 2.24) is 5.32 Å². The number of amides is 1. The first-order chi connectivity index (χ1) is 14.1. The maximum absolute atomic E-state index is 12.1. The summed E-state index contributed by atoms with van der Waals surface area (Å²) in [6, 6.07) is 17.7. The van der Waals surface area contributed by atoms with E-state index in [-0.39, 0.29) is 5.91 Å². The number of ether oxygens (including phenoxy) is 3. The monoisotopic (exact) mass is 391 g/mol. The fourth-order valence-corrected chi connectivity index (χ4v) is 3.07. The second kappa shape index (κ2) is 9.64. The molecule has 0 aromatic heterocycles. The third kappa shape index (κ3) is 5.29. The Bertz CT molecular complexity index is 1030. The molecule has 0 heterocycles. The molecule has 0 aliphatic heterocycles. The molecule has 1 amide bonds. The Balaban J connectivity index is 1.55. The van der Waals surface area contributed by atoms with Crippen LogP contribution in [0.25, 0.3) is 16.8 Å². The van der Waals surface area contributed by atoms with Crippen LogP contribution in [0.5, 0.6) is 17.2 Å². The van der Waals surface area contributed by atoms with Crippen molar-refractivity contribution in [2.75, 3.05) is 27.9 Å². The molecule has 0 aliphatic carbocycles. The van der Waals surface area contributed by atoms with E-state index in [0.717, 1.165) is 27.6 Å². The standard InChI is InChI=1S/C24H25NO4/c1-27-21-9-8-19-14-17(4-7-20(19)16-21)6-11-24(26)25-13-12-18-5-10-22(28-2)23(15-18)29-3/h4-11,14-16H,12-13H2,1-3H3,(H,25,26)/b11-6+. The van der Waals surface area contributed by atoms with E-state index >= 15 is 0 Å². The fraction of sp³-hybridized carbons (Fsp3) is 0.208. The topological polar surface area (TPSA) is 56.8 Å². The van der Waals surface area contributed by atoms with Gasteiger partial charge in [-0.05, 0) is 64.7 Å². The smallest absolute Gasteiger partial charge is 0.244 e. The number of rotatable bonds is 8. The summed E-state index contributed by atoms with van der Waals surface area (Å²) in [5, 5.41) is 5.10. The van der Waals surface area contributed by atoms with E-state index in [1.165, 1.54) is 0 Å². The van der Waals surface area contributed by atoms with Gasteiger partial charge in [0.15, 0.2) is 11.5 Å². The first-order valence-electron chi connectivity index (χ1n) is 9.37. The highest BCUT2D eigenvalue weighted by Crippen LogP contribution is 2.27. The maximum Gasteiger partial charge on any atom is 0.244 e. The summed E-state index contributed by atoms with van der Waals surface area (Å²) in [5.41, 5.74) is 2.04. The van der Waals surface area contributed by atoms with E-state index in [2.05, 4.69) is 5.32 Å². The van der Waals surface area contributed by atoms with Crippen LogP contribution < -0.4 is 19.5 Å². The molecule has 0 bridgehead atoms. The molecular formula is C24H25NO4. The van der Waals surface area contributed by atoms with Gasteiger partial charge in [0.1, 0.15) is 5.75 Å². The molecule has 3 rings (SSSR count). The van der Waals surface area contributed by atoms with Crippen LogP contribution in [0, 0.1) is 0 Å². The number of hydrogen-bond donors (Lipinski definition) is 1. The minimum atomic E-state index is -0.125. The molecule has 29 heavy (non-hydrogen) atoms. The molecule has 3 aromatic carbocycles. The molecule has 1 N–H and O–H groups in total. The van der Waals surface area contributed by atoms with Crippen molar-refractivity contribution in [2.45, 2.75) is 6.42 Å². The lowest BCUT2D eigenvalue weighted by Crippen LogP contribution is -2.23. The first-order valence-corrected chi connectivity index (χ1v) is 9.37. The molecule has 0 fully saturated rings. The van der Waals surface area contributed by atoms with Crippen molar-refractivity contribution in [3.05, 3.63) is 71.8 Å². The van der Waals surface area contributed by atoms with Crippen LogP contribution in [0.4, 0.5) is 0 Å². The Hall–Kier alpha value is -3.47. The molecule has 0 spiro atoms. The summed E-state index contributed by atoms with van der Waals surface area (Å²) >= 11 is 0. The van der Waals surface area contributed by atoms with E-state index in [1.54, 1.807) is 27.4 Å². The van der Waals surface area contributed by atoms with Gasteiger partial charge in [-0.1, -0.05) is 24.3 Å². The maximum atomic E-state index is 12.1. The van der Waals surface area contributed by atoms with Gasteiger partial charge in [0.2, 0.25) is 5.91 Å². The molecule has 5 nitrogen and oxygen atoms in total. The third-order valence-corrected chi connectivity index (χ3v) is 4.66. The van der Waals surface area contributed by atoms with Gasteiger partial charge in [0, 0.05) is 12.6 Å². The van der Waals surface area contributed by atoms with Gasteiger partial charge in [-0.15, -0.1) is 0 Å². The number of hydrogen-bond acceptors (Lipinski definition) is 4. The molecule has 0 saturated heterocycles. The lowest BCUT2D eigenvalue weighted by atomic mass is 10.1. The minimum Gasteiger partial charge on any atom is -0.497 e. The Kier molecular flexibility index (Phi) is 6.74. The second-order valence-electron chi connectivity index (χ2n) is 6.54. The van der Waals surface area contributed by atoms with Crippen molar-refractivity contribution in [2.24, 2.45) is 0 Å². The van der Waals surface area contributed by atoms with Gasteiger partial charge >= 0.3 is 0 Å². The molecule has 5 heteroatoms. The summed E-state index contributed by atoms with van der Waals surface area (Å²) in [4.78, 5) is 12.1. The highest BCUT2D eigenvalue weighted by Gasteiger charge is 2.05. The Labute approximate surface area is 170 Å². The average Bonchev–Trinajstić information content (AvgIpc) is 2.77. The molecule has 3 aromatic rings. The van der Waals surface area contributed by atoms with Gasteiger partial charge < -0.3 is 19.5 Å². The van der Waals surface area contributed by atoms with Gasteiger partial charge in [0.05, 0.1) is 21.3 Å². The van der Waals surface area contributed by atoms with Gasteiger partial charge in [-0.3, -0.25) is 4.79 Å². The SMILES string of the molecule is COc1ccc2cc(/C=C/C(=O)NCCc3ccc(OC)c(OC)c3)ccc2c1.